The van der Waals surface area contributed by atoms with Gasteiger partial charge < -0.3 is 14.3 Å². The topological polar surface area (TPSA) is 88.8 Å². The Hall–Kier alpha value is -0.890. The van der Waals surface area contributed by atoms with Crippen LogP contribution in [-0.4, -0.2) is 32.8 Å². The molecule has 1 aliphatic heterocycles. The quantitative estimate of drug-likeness (QED) is 0.818. The van der Waals surface area contributed by atoms with Crippen LogP contribution in [0.4, 0.5) is 0 Å². The van der Waals surface area contributed by atoms with Crippen molar-refractivity contribution in [2.24, 2.45) is 0 Å². The maximum Gasteiger partial charge on any atom is 0.244 e. The second kappa shape index (κ2) is 5.40. The number of furan rings is 1. The van der Waals surface area contributed by atoms with E-state index in [4.69, 9.17) is 14.3 Å². The first-order chi connectivity index (χ1) is 8.53. The molecule has 0 aliphatic carbocycles. The van der Waals surface area contributed by atoms with Crippen LogP contribution < -0.4 is 4.72 Å². The summed E-state index contributed by atoms with van der Waals surface area (Å²) in [5, 5.41) is 8.91. The summed E-state index contributed by atoms with van der Waals surface area (Å²) in [6.07, 6.45) is 1.78. The first-order valence-electron chi connectivity index (χ1n) is 5.84. The molecule has 1 aromatic rings. The van der Waals surface area contributed by atoms with Crippen molar-refractivity contribution in [1.29, 1.82) is 0 Å². The molecule has 18 heavy (non-hydrogen) atoms. The standard InChI is InChI=1S/C11H17NO5S/c1-8-11(5-10(7-13)17-8)18(14,15)12-6-9-3-2-4-16-9/h5,9,12-13H,2-4,6-7H2,1H3. The summed E-state index contributed by atoms with van der Waals surface area (Å²) in [5.41, 5.74) is 0. The van der Waals surface area contributed by atoms with E-state index in [-0.39, 0.29) is 35.7 Å². The predicted octanol–water partition coefficient (Wildman–Crippen LogP) is 0.538. The summed E-state index contributed by atoms with van der Waals surface area (Å²) < 4.78 is 37.0. The molecule has 2 rings (SSSR count). The van der Waals surface area contributed by atoms with Gasteiger partial charge in [0.15, 0.2) is 0 Å². The van der Waals surface area contributed by atoms with Gasteiger partial charge in [0.25, 0.3) is 0 Å². The van der Waals surface area contributed by atoms with E-state index < -0.39 is 10.0 Å². The zero-order valence-corrected chi connectivity index (χ0v) is 11.0. The molecular formula is C11H17NO5S. The molecular weight excluding hydrogens is 258 g/mol. The third-order valence-corrected chi connectivity index (χ3v) is 4.42. The Morgan fingerprint density at radius 2 is 2.33 bits per heavy atom. The minimum atomic E-state index is -3.60. The van der Waals surface area contributed by atoms with Gasteiger partial charge in [-0.3, -0.25) is 0 Å². The van der Waals surface area contributed by atoms with Crippen LogP contribution in [-0.2, 0) is 21.4 Å². The van der Waals surface area contributed by atoms with Crippen LogP contribution in [0, 0.1) is 6.92 Å². The molecule has 1 saturated heterocycles. The highest BCUT2D eigenvalue weighted by Crippen LogP contribution is 2.20. The lowest BCUT2D eigenvalue weighted by molar-refractivity contribution is 0.114. The summed E-state index contributed by atoms with van der Waals surface area (Å²) >= 11 is 0. The molecule has 0 aromatic carbocycles. The van der Waals surface area contributed by atoms with E-state index in [1.54, 1.807) is 6.92 Å². The van der Waals surface area contributed by atoms with E-state index in [1.165, 1.54) is 6.07 Å². The molecule has 7 heteroatoms. The van der Waals surface area contributed by atoms with Crippen LogP contribution in [0.25, 0.3) is 0 Å². The van der Waals surface area contributed by atoms with Crippen LogP contribution in [0.15, 0.2) is 15.4 Å². The average molecular weight is 275 g/mol. The van der Waals surface area contributed by atoms with Crippen molar-refractivity contribution < 1.29 is 22.7 Å². The van der Waals surface area contributed by atoms with Crippen LogP contribution in [0.2, 0.25) is 0 Å². The molecule has 2 N–H and O–H groups in total. The Kier molecular flexibility index (Phi) is 4.06. The van der Waals surface area contributed by atoms with Gasteiger partial charge in [0.2, 0.25) is 10.0 Å². The highest BCUT2D eigenvalue weighted by Gasteiger charge is 2.23. The maximum atomic E-state index is 12.0. The molecule has 0 spiro atoms. The average Bonchev–Trinajstić information content (AvgIpc) is 2.95. The second-order valence-electron chi connectivity index (χ2n) is 4.28. The first-order valence-corrected chi connectivity index (χ1v) is 7.32. The molecule has 6 nitrogen and oxygen atoms in total. The number of hydrogen-bond donors (Lipinski definition) is 2. The minimum absolute atomic E-state index is 0.0516. The van der Waals surface area contributed by atoms with Crippen LogP contribution in [0.5, 0.6) is 0 Å². The molecule has 1 atom stereocenters. The number of ether oxygens (including phenoxy) is 1. The number of aryl methyl sites for hydroxylation is 1. The Labute approximate surface area is 106 Å². The van der Waals surface area contributed by atoms with Crippen molar-refractivity contribution in [3.05, 3.63) is 17.6 Å². The van der Waals surface area contributed by atoms with Crippen LogP contribution in [0.1, 0.15) is 24.4 Å². The van der Waals surface area contributed by atoms with Crippen molar-refractivity contribution in [2.75, 3.05) is 13.2 Å². The van der Waals surface area contributed by atoms with Crippen LogP contribution >= 0.6 is 0 Å². The highest BCUT2D eigenvalue weighted by atomic mass is 32.2. The molecule has 0 radical (unpaired) electrons. The number of hydrogen-bond acceptors (Lipinski definition) is 5. The van der Waals surface area contributed by atoms with Gasteiger partial charge in [-0.15, -0.1) is 0 Å². The number of sulfonamides is 1. The summed E-state index contributed by atoms with van der Waals surface area (Å²) in [5.74, 6) is 0.517. The molecule has 1 aliphatic rings. The molecule has 0 saturated carbocycles. The smallest absolute Gasteiger partial charge is 0.244 e. The molecule has 0 amide bonds. The Balaban J connectivity index is 2.06. The van der Waals surface area contributed by atoms with Gasteiger partial charge in [-0.1, -0.05) is 0 Å². The predicted molar refractivity (Wildman–Crippen MR) is 63.5 cm³/mol. The monoisotopic (exact) mass is 275 g/mol. The van der Waals surface area contributed by atoms with Crippen molar-refractivity contribution in [3.8, 4) is 0 Å². The van der Waals surface area contributed by atoms with Gasteiger partial charge in [-0.05, 0) is 19.8 Å². The fourth-order valence-electron chi connectivity index (χ4n) is 1.95. The zero-order chi connectivity index (χ0) is 13.2. The second-order valence-corrected chi connectivity index (χ2v) is 6.01. The molecule has 1 unspecified atom stereocenters. The minimum Gasteiger partial charge on any atom is -0.462 e. The van der Waals surface area contributed by atoms with Gasteiger partial charge in [0.05, 0.1) is 6.10 Å². The van der Waals surface area contributed by atoms with Crippen LogP contribution in [0.3, 0.4) is 0 Å². The van der Waals surface area contributed by atoms with Gasteiger partial charge in [-0.2, -0.15) is 0 Å². The van der Waals surface area contributed by atoms with Gasteiger partial charge in [-0.25, -0.2) is 13.1 Å². The van der Waals surface area contributed by atoms with Crippen molar-refractivity contribution in [1.82, 2.24) is 4.72 Å². The first kappa shape index (κ1) is 13.5. The van der Waals surface area contributed by atoms with E-state index >= 15 is 0 Å². The molecule has 0 bridgehead atoms. The van der Waals surface area contributed by atoms with E-state index in [1.807, 2.05) is 0 Å². The summed E-state index contributed by atoms with van der Waals surface area (Å²) in [4.78, 5) is 0.0737. The third kappa shape index (κ3) is 2.92. The zero-order valence-electron chi connectivity index (χ0n) is 10.2. The lowest BCUT2D eigenvalue weighted by atomic mass is 10.2. The molecule has 102 valence electrons. The number of nitrogens with one attached hydrogen (secondary N) is 1. The van der Waals surface area contributed by atoms with E-state index in [9.17, 15) is 8.42 Å². The Morgan fingerprint density at radius 1 is 1.56 bits per heavy atom. The lowest BCUT2D eigenvalue weighted by Crippen LogP contribution is -2.31. The Morgan fingerprint density at radius 3 is 2.89 bits per heavy atom. The fourth-order valence-corrected chi connectivity index (χ4v) is 3.22. The van der Waals surface area contributed by atoms with Crippen molar-refractivity contribution in [2.45, 2.75) is 37.4 Å². The largest absolute Gasteiger partial charge is 0.462 e. The number of aliphatic hydroxyl groups excluding tert-OH is 1. The van der Waals surface area contributed by atoms with E-state index in [0.29, 0.717) is 6.61 Å². The SMILES string of the molecule is Cc1oc(CO)cc1S(=O)(=O)NCC1CCCO1. The summed E-state index contributed by atoms with van der Waals surface area (Å²) in [7, 11) is -3.60. The molecule has 2 heterocycles. The van der Waals surface area contributed by atoms with Gasteiger partial charge in [0.1, 0.15) is 23.0 Å². The highest BCUT2D eigenvalue weighted by molar-refractivity contribution is 7.89. The third-order valence-electron chi connectivity index (χ3n) is 2.89. The number of aliphatic hydroxyl groups is 1. The summed E-state index contributed by atoms with van der Waals surface area (Å²) in [6.45, 7) is 2.19. The van der Waals surface area contributed by atoms with E-state index in [0.717, 1.165) is 12.8 Å². The normalized spacial score (nSPS) is 20.4. The van der Waals surface area contributed by atoms with Crippen molar-refractivity contribution in [3.63, 3.8) is 0 Å². The van der Waals surface area contributed by atoms with Crippen molar-refractivity contribution >= 4 is 10.0 Å². The Bertz CT molecular complexity index is 502. The summed E-state index contributed by atoms with van der Waals surface area (Å²) in [6, 6.07) is 1.34. The van der Waals surface area contributed by atoms with Gasteiger partial charge >= 0.3 is 0 Å². The molecule has 1 fully saturated rings. The molecule has 1 aromatic heterocycles. The maximum absolute atomic E-state index is 12.0. The fraction of sp³-hybridized carbons (Fsp3) is 0.636. The van der Waals surface area contributed by atoms with Gasteiger partial charge in [0, 0.05) is 19.2 Å². The number of rotatable bonds is 5. The van der Waals surface area contributed by atoms with E-state index in [2.05, 4.69) is 4.72 Å². The lowest BCUT2D eigenvalue weighted by Gasteiger charge is -2.10.